The van der Waals surface area contributed by atoms with Gasteiger partial charge in [-0.1, -0.05) is 41.5 Å². The van der Waals surface area contributed by atoms with Gasteiger partial charge in [0, 0.05) is 0 Å². The molecule has 70 valence electrons. The Labute approximate surface area is 80.3 Å². The molecule has 0 saturated carbocycles. The molecule has 0 heterocycles. The molecule has 0 fully saturated rings. The van der Waals surface area contributed by atoms with Crippen LogP contribution < -0.4 is 5.73 Å². The van der Waals surface area contributed by atoms with E-state index in [0.29, 0.717) is 0 Å². The Morgan fingerprint density at radius 2 is 1.62 bits per heavy atom. The summed E-state index contributed by atoms with van der Waals surface area (Å²) in [6.45, 7) is 6.28. The summed E-state index contributed by atoms with van der Waals surface area (Å²) in [7, 11) is 0. The van der Waals surface area contributed by atoms with Crippen LogP contribution in [0.3, 0.4) is 0 Å². The lowest BCUT2D eigenvalue weighted by Crippen LogP contribution is -2.12. The lowest BCUT2D eigenvalue weighted by molar-refractivity contribution is 0.830. The van der Waals surface area contributed by atoms with Gasteiger partial charge in [0.15, 0.2) is 0 Å². The van der Waals surface area contributed by atoms with E-state index in [-0.39, 0.29) is 6.04 Å². The smallest absolute Gasteiger partial charge is 0.0510 e. The van der Waals surface area contributed by atoms with Gasteiger partial charge in [-0.25, -0.2) is 0 Å². The van der Waals surface area contributed by atoms with E-state index in [2.05, 4.69) is 32.9 Å². The highest BCUT2D eigenvalue weighted by atomic mass is 14.6. The fourth-order valence-electron chi connectivity index (χ4n) is 1.22. The van der Waals surface area contributed by atoms with Crippen molar-refractivity contribution in [1.82, 2.24) is 0 Å². The van der Waals surface area contributed by atoms with E-state index in [1.54, 1.807) is 0 Å². The first-order chi connectivity index (χ1) is 6.13. The SMILES string of the molecule is CC(C)=C(C)C(N)c1ccccc1. The van der Waals surface area contributed by atoms with E-state index in [4.69, 9.17) is 5.73 Å². The number of hydrogen-bond donors (Lipinski definition) is 1. The molecule has 0 aliphatic rings. The summed E-state index contributed by atoms with van der Waals surface area (Å²) >= 11 is 0. The fourth-order valence-corrected chi connectivity index (χ4v) is 1.22. The summed E-state index contributed by atoms with van der Waals surface area (Å²) in [6.07, 6.45) is 0. The van der Waals surface area contributed by atoms with Gasteiger partial charge in [-0.15, -0.1) is 0 Å². The third-order valence-electron chi connectivity index (χ3n) is 2.41. The number of allylic oxidation sites excluding steroid dienone is 1. The summed E-state index contributed by atoms with van der Waals surface area (Å²) < 4.78 is 0. The molecular weight excluding hydrogens is 158 g/mol. The predicted octanol–water partition coefficient (Wildman–Crippen LogP) is 3.04. The van der Waals surface area contributed by atoms with Crippen LogP contribution >= 0.6 is 0 Å². The Hall–Kier alpha value is -1.08. The van der Waals surface area contributed by atoms with Crippen LogP contribution in [0.2, 0.25) is 0 Å². The van der Waals surface area contributed by atoms with Crippen molar-refractivity contribution >= 4 is 0 Å². The minimum Gasteiger partial charge on any atom is -0.321 e. The molecule has 1 nitrogen and oxygen atoms in total. The van der Waals surface area contributed by atoms with E-state index < -0.39 is 0 Å². The van der Waals surface area contributed by atoms with Crippen LogP contribution in [-0.2, 0) is 0 Å². The van der Waals surface area contributed by atoms with Gasteiger partial charge in [0.1, 0.15) is 0 Å². The van der Waals surface area contributed by atoms with Gasteiger partial charge >= 0.3 is 0 Å². The van der Waals surface area contributed by atoms with E-state index >= 15 is 0 Å². The molecule has 1 aromatic rings. The highest BCUT2D eigenvalue weighted by Gasteiger charge is 2.07. The first-order valence-corrected chi connectivity index (χ1v) is 4.57. The standard InChI is InChI=1S/C12H17N/c1-9(2)10(3)12(13)11-7-5-4-6-8-11/h4-8,12H,13H2,1-3H3. The monoisotopic (exact) mass is 175 g/mol. The van der Waals surface area contributed by atoms with Crippen LogP contribution in [0, 0.1) is 0 Å². The molecule has 2 N–H and O–H groups in total. The second kappa shape index (κ2) is 4.24. The molecule has 1 aromatic carbocycles. The molecule has 1 atom stereocenters. The van der Waals surface area contributed by atoms with E-state index in [1.807, 2.05) is 18.2 Å². The molecular formula is C12H17N. The maximum absolute atomic E-state index is 6.08. The van der Waals surface area contributed by atoms with Crippen molar-refractivity contribution in [3.05, 3.63) is 47.0 Å². The van der Waals surface area contributed by atoms with Crippen LogP contribution in [0.15, 0.2) is 41.5 Å². The van der Waals surface area contributed by atoms with Crippen molar-refractivity contribution in [2.24, 2.45) is 5.73 Å². The van der Waals surface area contributed by atoms with Crippen molar-refractivity contribution in [2.75, 3.05) is 0 Å². The number of hydrogen-bond acceptors (Lipinski definition) is 1. The molecule has 0 radical (unpaired) electrons. The predicted molar refractivity (Wildman–Crippen MR) is 57.4 cm³/mol. The Bertz CT molecular complexity index is 294. The first kappa shape index (κ1) is 10.0. The van der Waals surface area contributed by atoms with Gasteiger partial charge in [0.25, 0.3) is 0 Å². The molecule has 0 bridgehead atoms. The average Bonchev–Trinajstić information content (AvgIpc) is 2.17. The number of rotatable bonds is 2. The van der Waals surface area contributed by atoms with Gasteiger partial charge in [0.05, 0.1) is 6.04 Å². The molecule has 0 spiro atoms. The maximum atomic E-state index is 6.08. The zero-order valence-corrected chi connectivity index (χ0v) is 8.54. The molecule has 0 aromatic heterocycles. The molecule has 1 unspecified atom stereocenters. The minimum atomic E-state index is 0.0474. The van der Waals surface area contributed by atoms with Crippen LogP contribution in [-0.4, -0.2) is 0 Å². The summed E-state index contributed by atoms with van der Waals surface area (Å²) in [4.78, 5) is 0. The largest absolute Gasteiger partial charge is 0.321 e. The van der Waals surface area contributed by atoms with Crippen molar-refractivity contribution in [2.45, 2.75) is 26.8 Å². The fraction of sp³-hybridized carbons (Fsp3) is 0.333. The average molecular weight is 175 g/mol. The van der Waals surface area contributed by atoms with Gasteiger partial charge < -0.3 is 5.73 Å². The summed E-state index contributed by atoms with van der Waals surface area (Å²) in [5.41, 5.74) is 9.82. The Morgan fingerprint density at radius 1 is 1.08 bits per heavy atom. The number of benzene rings is 1. The van der Waals surface area contributed by atoms with E-state index in [1.165, 1.54) is 16.7 Å². The van der Waals surface area contributed by atoms with E-state index in [9.17, 15) is 0 Å². The van der Waals surface area contributed by atoms with Gasteiger partial charge in [-0.05, 0) is 26.3 Å². The molecule has 0 aliphatic heterocycles. The van der Waals surface area contributed by atoms with Gasteiger partial charge in [-0.3, -0.25) is 0 Å². The third kappa shape index (κ3) is 2.43. The Balaban J connectivity index is 2.93. The van der Waals surface area contributed by atoms with Crippen molar-refractivity contribution < 1.29 is 0 Å². The zero-order valence-electron chi connectivity index (χ0n) is 8.54. The maximum Gasteiger partial charge on any atom is 0.0510 e. The van der Waals surface area contributed by atoms with Crippen LogP contribution in [0.25, 0.3) is 0 Å². The van der Waals surface area contributed by atoms with Crippen molar-refractivity contribution in [1.29, 1.82) is 0 Å². The van der Waals surface area contributed by atoms with Gasteiger partial charge in [-0.2, -0.15) is 0 Å². The molecule has 0 saturated heterocycles. The third-order valence-corrected chi connectivity index (χ3v) is 2.41. The highest BCUT2D eigenvalue weighted by Crippen LogP contribution is 2.20. The molecule has 0 amide bonds. The lowest BCUT2D eigenvalue weighted by Gasteiger charge is -2.14. The van der Waals surface area contributed by atoms with Crippen molar-refractivity contribution in [3.63, 3.8) is 0 Å². The summed E-state index contributed by atoms with van der Waals surface area (Å²) in [5.74, 6) is 0. The topological polar surface area (TPSA) is 26.0 Å². The summed E-state index contributed by atoms with van der Waals surface area (Å²) in [6, 6.07) is 10.2. The van der Waals surface area contributed by atoms with Gasteiger partial charge in [0.2, 0.25) is 0 Å². The molecule has 0 aliphatic carbocycles. The second-order valence-electron chi connectivity index (χ2n) is 3.57. The number of nitrogens with two attached hydrogens (primary N) is 1. The Morgan fingerprint density at radius 3 is 2.08 bits per heavy atom. The normalized spacial score (nSPS) is 12.3. The molecule has 1 heteroatoms. The minimum absolute atomic E-state index is 0.0474. The van der Waals surface area contributed by atoms with Crippen LogP contribution in [0.1, 0.15) is 32.4 Å². The summed E-state index contributed by atoms with van der Waals surface area (Å²) in [5, 5.41) is 0. The second-order valence-corrected chi connectivity index (χ2v) is 3.57. The van der Waals surface area contributed by atoms with E-state index in [0.717, 1.165) is 0 Å². The Kier molecular flexibility index (Phi) is 3.26. The highest BCUT2D eigenvalue weighted by molar-refractivity contribution is 5.28. The zero-order chi connectivity index (χ0) is 9.84. The van der Waals surface area contributed by atoms with Crippen LogP contribution in [0.4, 0.5) is 0 Å². The van der Waals surface area contributed by atoms with Crippen LogP contribution in [0.5, 0.6) is 0 Å². The first-order valence-electron chi connectivity index (χ1n) is 4.57. The molecule has 1 rings (SSSR count). The lowest BCUT2D eigenvalue weighted by atomic mass is 9.98. The van der Waals surface area contributed by atoms with Crippen molar-refractivity contribution in [3.8, 4) is 0 Å². The molecule has 13 heavy (non-hydrogen) atoms. The quantitative estimate of drug-likeness (QED) is 0.687.